The van der Waals surface area contributed by atoms with Crippen molar-refractivity contribution in [2.45, 2.75) is 0 Å². The Balaban J connectivity index is 1.69. The van der Waals surface area contributed by atoms with Gasteiger partial charge in [0.2, 0.25) is 0 Å². The van der Waals surface area contributed by atoms with Crippen LogP contribution in [0.5, 0.6) is 0 Å². The summed E-state index contributed by atoms with van der Waals surface area (Å²) in [5.74, 6) is -0.650. The number of hydrogen-bond donors (Lipinski definition) is 2. The van der Waals surface area contributed by atoms with E-state index in [2.05, 4.69) is 16.8 Å². The summed E-state index contributed by atoms with van der Waals surface area (Å²) < 4.78 is 0. The van der Waals surface area contributed by atoms with Gasteiger partial charge in [-0.3, -0.25) is 14.8 Å². The summed E-state index contributed by atoms with van der Waals surface area (Å²) in [6, 6.07) is 15.2. The molecule has 0 saturated carbocycles. The van der Waals surface area contributed by atoms with Crippen LogP contribution >= 0.6 is 0 Å². The maximum atomic E-state index is 12.6. The van der Waals surface area contributed by atoms with Crippen molar-refractivity contribution in [2.75, 3.05) is 38.1 Å². The summed E-state index contributed by atoms with van der Waals surface area (Å²) in [6.07, 6.45) is 6.14. The summed E-state index contributed by atoms with van der Waals surface area (Å²) in [5, 5.41) is 8.53. The van der Waals surface area contributed by atoms with Gasteiger partial charge in [-0.1, -0.05) is 36.4 Å². The molecule has 2 N–H and O–H groups in total. The van der Waals surface area contributed by atoms with Crippen molar-refractivity contribution < 1.29 is 14.8 Å². The van der Waals surface area contributed by atoms with Crippen molar-refractivity contribution in [3.63, 3.8) is 0 Å². The first-order valence-corrected chi connectivity index (χ1v) is 9.53. The van der Waals surface area contributed by atoms with Gasteiger partial charge in [0.25, 0.3) is 5.91 Å². The molecule has 0 aromatic heterocycles. The van der Waals surface area contributed by atoms with Crippen molar-refractivity contribution in [1.29, 1.82) is 0 Å². The number of allylic oxidation sites excluding steroid dienone is 1. The van der Waals surface area contributed by atoms with E-state index in [0.29, 0.717) is 5.56 Å². The largest absolute Gasteiger partial charge is 0.369 e. The van der Waals surface area contributed by atoms with Crippen LogP contribution in [0.3, 0.4) is 0 Å². The molecule has 6 nitrogen and oxygen atoms in total. The average molecular weight is 391 g/mol. The van der Waals surface area contributed by atoms with Gasteiger partial charge in [0, 0.05) is 43.5 Å². The molecule has 6 heteroatoms. The predicted octanol–water partition coefficient (Wildman–Crippen LogP) is 2.85. The van der Waals surface area contributed by atoms with Crippen molar-refractivity contribution in [3.8, 4) is 0 Å². The SMILES string of the molecule is CN1CCN(c2cccc(C(=O)/C=C/c3cccc(/C=C/C(=O)NO)c3)c2)CC1. The fourth-order valence-corrected chi connectivity index (χ4v) is 3.16. The number of carbonyl (C=O) groups is 2. The Kier molecular flexibility index (Phi) is 6.94. The molecule has 0 atom stereocenters. The number of amides is 1. The zero-order chi connectivity index (χ0) is 20.6. The van der Waals surface area contributed by atoms with E-state index < -0.39 is 5.91 Å². The Morgan fingerprint density at radius 2 is 1.59 bits per heavy atom. The summed E-state index contributed by atoms with van der Waals surface area (Å²) in [4.78, 5) is 28.3. The van der Waals surface area contributed by atoms with E-state index in [1.165, 1.54) is 6.08 Å². The highest BCUT2D eigenvalue weighted by atomic mass is 16.5. The maximum Gasteiger partial charge on any atom is 0.267 e. The lowest BCUT2D eigenvalue weighted by Gasteiger charge is -2.34. The maximum absolute atomic E-state index is 12.6. The zero-order valence-corrected chi connectivity index (χ0v) is 16.4. The number of ketones is 1. The molecule has 0 unspecified atom stereocenters. The summed E-state index contributed by atoms with van der Waals surface area (Å²) in [5.41, 5.74) is 4.92. The zero-order valence-electron chi connectivity index (χ0n) is 16.4. The number of benzene rings is 2. The van der Waals surface area contributed by atoms with Gasteiger partial charge < -0.3 is 9.80 Å². The second kappa shape index (κ2) is 9.82. The quantitative estimate of drug-likeness (QED) is 0.343. The van der Waals surface area contributed by atoms with Gasteiger partial charge >= 0.3 is 0 Å². The van der Waals surface area contributed by atoms with Crippen LogP contribution in [0, 0.1) is 0 Å². The minimum Gasteiger partial charge on any atom is -0.369 e. The second-order valence-corrected chi connectivity index (χ2v) is 7.02. The summed E-state index contributed by atoms with van der Waals surface area (Å²) in [7, 11) is 2.12. The van der Waals surface area contributed by atoms with Crippen molar-refractivity contribution >= 4 is 29.5 Å². The number of hydroxylamine groups is 1. The predicted molar refractivity (Wildman–Crippen MR) is 115 cm³/mol. The third-order valence-corrected chi connectivity index (χ3v) is 4.87. The molecule has 1 fully saturated rings. The van der Waals surface area contributed by atoms with Gasteiger partial charge in [0.1, 0.15) is 0 Å². The first kappa shape index (κ1) is 20.5. The highest BCUT2D eigenvalue weighted by molar-refractivity contribution is 6.07. The Labute approximate surface area is 170 Å². The first-order valence-electron chi connectivity index (χ1n) is 9.53. The number of anilines is 1. The van der Waals surface area contributed by atoms with Crippen LogP contribution in [-0.2, 0) is 4.79 Å². The molecule has 2 aromatic carbocycles. The number of likely N-dealkylation sites (N-methyl/N-ethyl adjacent to an activating group) is 1. The van der Waals surface area contributed by atoms with E-state index in [4.69, 9.17) is 5.21 Å². The molecular formula is C23H25N3O3. The molecule has 0 spiro atoms. The minimum atomic E-state index is -0.596. The normalized spacial score (nSPS) is 15.2. The van der Waals surface area contributed by atoms with Crippen LogP contribution in [-0.4, -0.2) is 55.0 Å². The third kappa shape index (κ3) is 5.88. The Morgan fingerprint density at radius 1 is 0.931 bits per heavy atom. The number of nitrogens with one attached hydrogen (secondary N) is 1. The number of piperazine rings is 1. The standard InChI is InChI=1S/C23H25N3O3/c1-25-12-14-26(15-13-25)21-7-3-6-20(17-21)22(27)10-8-18-4-2-5-19(16-18)9-11-23(28)24-29/h2-11,16-17,29H,12-15H2,1H3,(H,24,28)/b10-8+,11-9+. The van der Waals surface area contributed by atoms with Crippen LogP contribution in [0.4, 0.5) is 5.69 Å². The number of carbonyl (C=O) groups excluding carboxylic acids is 2. The Bertz CT molecular complexity index is 928. The van der Waals surface area contributed by atoms with E-state index in [-0.39, 0.29) is 5.78 Å². The van der Waals surface area contributed by atoms with Crippen LogP contribution in [0.2, 0.25) is 0 Å². The monoisotopic (exact) mass is 391 g/mol. The molecule has 1 heterocycles. The molecular weight excluding hydrogens is 366 g/mol. The van der Waals surface area contributed by atoms with Gasteiger partial charge in [0.15, 0.2) is 5.78 Å². The molecule has 0 bridgehead atoms. The summed E-state index contributed by atoms with van der Waals surface area (Å²) >= 11 is 0. The Morgan fingerprint density at radius 3 is 2.28 bits per heavy atom. The molecule has 150 valence electrons. The van der Waals surface area contributed by atoms with Gasteiger partial charge in [-0.15, -0.1) is 0 Å². The first-order chi connectivity index (χ1) is 14.0. The van der Waals surface area contributed by atoms with E-state index in [0.717, 1.165) is 43.0 Å². The molecule has 0 aliphatic carbocycles. The molecule has 1 saturated heterocycles. The molecule has 3 rings (SSSR count). The second-order valence-electron chi connectivity index (χ2n) is 7.02. The Hall–Kier alpha value is -3.22. The number of nitrogens with zero attached hydrogens (tertiary/aromatic N) is 2. The van der Waals surface area contributed by atoms with Crippen LogP contribution in [0.15, 0.2) is 60.7 Å². The van der Waals surface area contributed by atoms with Gasteiger partial charge in [-0.2, -0.15) is 0 Å². The molecule has 1 amide bonds. The third-order valence-electron chi connectivity index (χ3n) is 4.87. The summed E-state index contributed by atoms with van der Waals surface area (Å²) in [6.45, 7) is 3.95. The van der Waals surface area contributed by atoms with E-state index in [9.17, 15) is 9.59 Å². The lowest BCUT2D eigenvalue weighted by Crippen LogP contribution is -2.44. The van der Waals surface area contributed by atoms with E-state index >= 15 is 0 Å². The minimum absolute atomic E-state index is 0.0541. The van der Waals surface area contributed by atoms with Gasteiger partial charge in [-0.05, 0) is 48.5 Å². The number of rotatable bonds is 6. The van der Waals surface area contributed by atoms with Gasteiger partial charge in [-0.25, -0.2) is 5.48 Å². The van der Waals surface area contributed by atoms with Crippen molar-refractivity contribution in [2.24, 2.45) is 0 Å². The highest BCUT2D eigenvalue weighted by Gasteiger charge is 2.15. The number of hydrogen-bond acceptors (Lipinski definition) is 5. The van der Waals surface area contributed by atoms with Crippen molar-refractivity contribution in [1.82, 2.24) is 10.4 Å². The molecule has 0 radical (unpaired) electrons. The smallest absolute Gasteiger partial charge is 0.267 e. The topological polar surface area (TPSA) is 72.9 Å². The van der Waals surface area contributed by atoms with E-state index in [1.54, 1.807) is 23.7 Å². The highest BCUT2D eigenvalue weighted by Crippen LogP contribution is 2.19. The average Bonchev–Trinajstić information content (AvgIpc) is 2.76. The van der Waals surface area contributed by atoms with E-state index in [1.807, 2.05) is 48.5 Å². The van der Waals surface area contributed by atoms with Crippen LogP contribution < -0.4 is 10.4 Å². The van der Waals surface area contributed by atoms with Gasteiger partial charge in [0.05, 0.1) is 0 Å². The molecule has 2 aromatic rings. The fraction of sp³-hybridized carbons (Fsp3) is 0.217. The lowest BCUT2D eigenvalue weighted by atomic mass is 10.1. The fourth-order valence-electron chi connectivity index (χ4n) is 3.16. The molecule has 1 aliphatic heterocycles. The van der Waals surface area contributed by atoms with Crippen LogP contribution in [0.1, 0.15) is 21.5 Å². The lowest BCUT2D eigenvalue weighted by molar-refractivity contribution is -0.124. The molecule has 1 aliphatic rings. The van der Waals surface area contributed by atoms with Crippen molar-refractivity contribution in [3.05, 3.63) is 77.4 Å². The molecule has 29 heavy (non-hydrogen) atoms. The van der Waals surface area contributed by atoms with Crippen LogP contribution in [0.25, 0.3) is 12.2 Å².